The Kier molecular flexibility index (Phi) is 3.88. The van der Waals surface area contributed by atoms with E-state index in [1.807, 2.05) is 6.07 Å². The van der Waals surface area contributed by atoms with Crippen LogP contribution in [0.3, 0.4) is 0 Å². The average molecular weight is 248 g/mol. The molecular weight excluding hydrogens is 232 g/mol. The molecule has 0 amide bonds. The van der Waals surface area contributed by atoms with Crippen LogP contribution in [0.15, 0.2) is 18.2 Å². The van der Waals surface area contributed by atoms with Crippen molar-refractivity contribution in [2.24, 2.45) is 0 Å². The number of nitrogens with one attached hydrogen (secondary N) is 1. The molecule has 0 saturated heterocycles. The molecule has 96 valence electrons. The number of carboxylic acids is 1. The van der Waals surface area contributed by atoms with Crippen LogP contribution in [0.4, 0.5) is 0 Å². The predicted octanol–water partition coefficient (Wildman–Crippen LogP) is 1.48. The van der Waals surface area contributed by atoms with Crippen LogP contribution in [0.1, 0.15) is 30.1 Å². The second kappa shape index (κ2) is 5.59. The van der Waals surface area contributed by atoms with Gasteiger partial charge in [-0.2, -0.15) is 0 Å². The van der Waals surface area contributed by atoms with Gasteiger partial charge in [0.05, 0.1) is 17.7 Å². The van der Waals surface area contributed by atoms with Crippen molar-refractivity contribution in [1.29, 1.82) is 0 Å². The third-order valence-electron chi connectivity index (χ3n) is 2.74. The molecule has 0 fully saturated rings. The van der Waals surface area contributed by atoms with Crippen LogP contribution < -0.4 is 5.32 Å². The molecule has 0 spiro atoms. The lowest BCUT2D eigenvalue weighted by molar-refractivity contribution is 0.0699. The first-order chi connectivity index (χ1) is 8.74. The van der Waals surface area contributed by atoms with Crippen LogP contribution in [0.5, 0.6) is 0 Å². The molecule has 1 heterocycles. The highest BCUT2D eigenvalue weighted by Crippen LogP contribution is 2.15. The van der Waals surface area contributed by atoms with Gasteiger partial charge in [0.15, 0.2) is 0 Å². The summed E-state index contributed by atoms with van der Waals surface area (Å²) >= 11 is 0. The van der Waals surface area contributed by atoms with Crippen LogP contribution in [-0.4, -0.2) is 32.6 Å². The second-order valence-corrected chi connectivity index (χ2v) is 4.08. The smallest absolute Gasteiger partial charge is 0.338 e. The third kappa shape index (κ3) is 2.48. The Morgan fingerprint density at radius 2 is 2.33 bits per heavy atom. The van der Waals surface area contributed by atoms with E-state index in [-0.39, 0.29) is 5.56 Å². The lowest BCUT2D eigenvalue weighted by Crippen LogP contribution is -2.20. The number of carboxylic acid groups (broad SMARTS) is 1. The number of unbranched alkanes of at least 4 members (excludes halogenated alkanes) is 1. The number of rotatable bonds is 6. The van der Waals surface area contributed by atoms with Crippen molar-refractivity contribution in [3.8, 4) is 0 Å². The van der Waals surface area contributed by atoms with E-state index in [1.165, 1.54) is 6.07 Å². The van der Waals surface area contributed by atoms with Gasteiger partial charge in [0.25, 0.3) is 0 Å². The third-order valence-corrected chi connectivity index (χ3v) is 2.74. The minimum Gasteiger partial charge on any atom is -0.478 e. The molecule has 0 aliphatic carbocycles. The van der Waals surface area contributed by atoms with Crippen LogP contribution in [0, 0.1) is 0 Å². The maximum atomic E-state index is 11.0. The van der Waals surface area contributed by atoms with Crippen LogP contribution >= 0.6 is 0 Å². The maximum absolute atomic E-state index is 11.0. The van der Waals surface area contributed by atoms with Crippen LogP contribution in [-0.2, 0) is 6.67 Å². The summed E-state index contributed by atoms with van der Waals surface area (Å²) in [5.41, 5.74) is 1.36. The first kappa shape index (κ1) is 12.5. The summed E-state index contributed by atoms with van der Waals surface area (Å²) in [7, 11) is 0. The molecule has 2 rings (SSSR count). The van der Waals surface area contributed by atoms with E-state index >= 15 is 0 Å². The number of aromatic nitrogens is 3. The summed E-state index contributed by atoms with van der Waals surface area (Å²) < 4.78 is 1.68. The summed E-state index contributed by atoms with van der Waals surface area (Å²) in [4.78, 5) is 11.0. The molecule has 0 atom stereocenters. The first-order valence-electron chi connectivity index (χ1n) is 6.00. The predicted molar refractivity (Wildman–Crippen MR) is 67.4 cm³/mol. The molecule has 1 aromatic carbocycles. The van der Waals surface area contributed by atoms with E-state index in [9.17, 15) is 4.79 Å². The summed E-state index contributed by atoms with van der Waals surface area (Å²) in [5, 5.41) is 20.2. The van der Waals surface area contributed by atoms with E-state index < -0.39 is 5.97 Å². The first-order valence-corrected chi connectivity index (χ1v) is 6.00. The maximum Gasteiger partial charge on any atom is 0.338 e. The van der Waals surface area contributed by atoms with Gasteiger partial charge in [0, 0.05) is 0 Å². The van der Waals surface area contributed by atoms with Gasteiger partial charge in [0.2, 0.25) is 0 Å². The van der Waals surface area contributed by atoms with Gasteiger partial charge in [-0.05, 0) is 25.1 Å². The van der Waals surface area contributed by atoms with Gasteiger partial charge in [-0.15, -0.1) is 5.10 Å². The quantitative estimate of drug-likeness (QED) is 0.757. The Hall–Kier alpha value is -1.95. The Balaban J connectivity index is 2.20. The molecule has 2 aromatic rings. The lowest BCUT2D eigenvalue weighted by Gasteiger charge is -2.04. The minimum atomic E-state index is -0.980. The summed E-state index contributed by atoms with van der Waals surface area (Å²) in [5.74, 6) is -0.980. The molecule has 0 bridgehead atoms. The molecule has 0 saturated carbocycles. The Morgan fingerprint density at radius 1 is 1.50 bits per heavy atom. The van der Waals surface area contributed by atoms with Crippen LogP contribution in [0.2, 0.25) is 0 Å². The van der Waals surface area contributed by atoms with E-state index in [0.29, 0.717) is 12.2 Å². The fourth-order valence-electron chi connectivity index (χ4n) is 1.77. The van der Waals surface area contributed by atoms with E-state index in [2.05, 4.69) is 22.6 Å². The SMILES string of the molecule is CCCCNCn1nnc2c(C(=O)O)cccc21. The number of fused-ring (bicyclic) bond motifs is 1. The molecule has 6 nitrogen and oxygen atoms in total. The van der Waals surface area contributed by atoms with Crippen molar-refractivity contribution in [2.75, 3.05) is 6.54 Å². The van der Waals surface area contributed by atoms with E-state index in [1.54, 1.807) is 10.7 Å². The number of carbonyl (C=O) groups is 1. The Morgan fingerprint density at radius 3 is 3.06 bits per heavy atom. The molecule has 6 heteroatoms. The topological polar surface area (TPSA) is 80.0 Å². The molecule has 0 radical (unpaired) electrons. The largest absolute Gasteiger partial charge is 0.478 e. The molecule has 0 unspecified atom stereocenters. The monoisotopic (exact) mass is 248 g/mol. The van der Waals surface area contributed by atoms with Crippen molar-refractivity contribution < 1.29 is 9.90 Å². The lowest BCUT2D eigenvalue weighted by atomic mass is 10.2. The molecular formula is C12H16N4O2. The van der Waals surface area contributed by atoms with Gasteiger partial charge >= 0.3 is 5.97 Å². The van der Waals surface area contributed by atoms with Crippen molar-refractivity contribution in [3.05, 3.63) is 23.8 Å². The van der Waals surface area contributed by atoms with Gasteiger partial charge in [-0.25, -0.2) is 9.48 Å². The zero-order valence-electron chi connectivity index (χ0n) is 10.3. The summed E-state index contributed by atoms with van der Waals surface area (Å²) in [6, 6.07) is 5.06. The van der Waals surface area contributed by atoms with Crippen molar-refractivity contribution in [2.45, 2.75) is 26.4 Å². The van der Waals surface area contributed by atoms with Gasteiger partial charge in [-0.3, -0.25) is 5.32 Å². The van der Waals surface area contributed by atoms with Gasteiger partial charge in [-0.1, -0.05) is 24.6 Å². The highest BCUT2D eigenvalue weighted by atomic mass is 16.4. The molecule has 1 aromatic heterocycles. The summed E-state index contributed by atoms with van der Waals surface area (Å²) in [6.07, 6.45) is 2.24. The number of nitrogens with zero attached hydrogens (tertiary/aromatic N) is 3. The normalized spacial score (nSPS) is 10.9. The molecule has 0 aliphatic rings. The molecule has 2 N–H and O–H groups in total. The number of benzene rings is 1. The Bertz CT molecular complexity index is 550. The number of aromatic carboxylic acids is 1. The van der Waals surface area contributed by atoms with Crippen molar-refractivity contribution >= 4 is 17.0 Å². The van der Waals surface area contributed by atoms with Gasteiger partial charge in [0.1, 0.15) is 5.52 Å². The zero-order chi connectivity index (χ0) is 13.0. The highest BCUT2D eigenvalue weighted by molar-refractivity contribution is 6.00. The molecule has 0 aliphatic heterocycles. The minimum absolute atomic E-state index is 0.187. The highest BCUT2D eigenvalue weighted by Gasteiger charge is 2.13. The van der Waals surface area contributed by atoms with Crippen LogP contribution in [0.25, 0.3) is 11.0 Å². The summed E-state index contributed by atoms with van der Waals surface area (Å²) in [6.45, 7) is 3.59. The second-order valence-electron chi connectivity index (χ2n) is 4.08. The average Bonchev–Trinajstić information content (AvgIpc) is 2.77. The number of hydrogen-bond acceptors (Lipinski definition) is 4. The number of hydrogen-bond donors (Lipinski definition) is 2. The van der Waals surface area contributed by atoms with Crippen molar-refractivity contribution in [1.82, 2.24) is 20.3 Å². The fraction of sp³-hybridized carbons (Fsp3) is 0.417. The zero-order valence-corrected chi connectivity index (χ0v) is 10.3. The van der Waals surface area contributed by atoms with Crippen molar-refractivity contribution in [3.63, 3.8) is 0 Å². The standard InChI is InChI=1S/C12H16N4O2/c1-2-3-7-13-8-16-10-6-4-5-9(12(17)18)11(10)14-15-16/h4-6,13H,2-3,7-8H2,1H3,(H,17,18). The van der Waals surface area contributed by atoms with Gasteiger partial charge < -0.3 is 5.11 Å². The molecule has 18 heavy (non-hydrogen) atoms. The fourth-order valence-corrected chi connectivity index (χ4v) is 1.77. The van der Waals surface area contributed by atoms with E-state index in [4.69, 9.17) is 5.11 Å². The van der Waals surface area contributed by atoms with E-state index in [0.717, 1.165) is 24.9 Å². The Labute approximate surface area is 105 Å².